The van der Waals surface area contributed by atoms with Crippen molar-refractivity contribution >= 4 is 11.9 Å². The van der Waals surface area contributed by atoms with Crippen LogP contribution in [0.3, 0.4) is 0 Å². The average Bonchev–Trinajstić information content (AvgIpc) is 3.28. The largest absolute Gasteiger partial charge is 0.466 e. The second-order valence-corrected chi connectivity index (χ2v) is 20.0. The molecule has 2 atom stereocenters. The number of hydrogen-bond donors (Lipinski definition) is 3. The highest BCUT2D eigenvalue weighted by Crippen LogP contribution is 2.18. The van der Waals surface area contributed by atoms with E-state index in [0.717, 1.165) is 44.9 Å². The highest BCUT2D eigenvalue weighted by atomic mass is 16.5. The normalized spacial score (nSPS) is 12.5. The minimum Gasteiger partial charge on any atom is -0.466 e. The van der Waals surface area contributed by atoms with E-state index in [9.17, 15) is 19.8 Å². The van der Waals surface area contributed by atoms with Gasteiger partial charge in [-0.15, -0.1) is 0 Å². The highest BCUT2D eigenvalue weighted by Gasteiger charge is 2.20. The molecule has 0 aromatic rings. The van der Waals surface area contributed by atoms with Crippen molar-refractivity contribution in [2.24, 2.45) is 0 Å². The molecule has 63 heavy (non-hydrogen) atoms. The van der Waals surface area contributed by atoms with E-state index in [0.29, 0.717) is 25.9 Å². The van der Waals surface area contributed by atoms with Gasteiger partial charge < -0.3 is 20.3 Å². The van der Waals surface area contributed by atoms with Gasteiger partial charge in [-0.1, -0.05) is 290 Å². The lowest BCUT2D eigenvalue weighted by Gasteiger charge is -2.22. The first-order chi connectivity index (χ1) is 31.0. The summed E-state index contributed by atoms with van der Waals surface area (Å²) in [4.78, 5) is 24.5. The maximum absolute atomic E-state index is 12.5. The molecule has 6 nitrogen and oxygen atoms in total. The number of aliphatic hydroxyl groups excluding tert-OH is 2. The van der Waals surface area contributed by atoms with Crippen LogP contribution < -0.4 is 5.32 Å². The van der Waals surface area contributed by atoms with Crippen molar-refractivity contribution in [2.75, 3.05) is 13.2 Å². The Bertz CT molecular complexity index is 898. The Hall–Kier alpha value is -1.14. The molecule has 0 saturated carbocycles. The van der Waals surface area contributed by atoms with E-state index in [-0.39, 0.29) is 18.5 Å². The van der Waals surface area contributed by atoms with Crippen molar-refractivity contribution in [3.8, 4) is 0 Å². The molecule has 0 aromatic carbocycles. The third-order valence-corrected chi connectivity index (χ3v) is 13.7. The average molecular weight is 893 g/mol. The SMILES string of the molecule is CCCCCCCCCCCCCCCCCCCC(O)C(CO)NC(=O)CCCCCCCCCCCCCCCCCOC(=O)CCCCCCCCCCCCCCCC. The molecule has 0 rings (SSSR count). The molecule has 2 unspecified atom stereocenters. The number of carbonyl (C=O) groups excluding carboxylic acids is 2. The Morgan fingerprint density at radius 2 is 0.651 bits per heavy atom. The van der Waals surface area contributed by atoms with Gasteiger partial charge in [0, 0.05) is 12.8 Å². The summed E-state index contributed by atoms with van der Waals surface area (Å²) in [5, 5.41) is 23.3. The molecule has 0 bridgehead atoms. The number of carbonyl (C=O) groups is 2. The number of nitrogens with one attached hydrogen (secondary N) is 1. The van der Waals surface area contributed by atoms with E-state index >= 15 is 0 Å². The van der Waals surface area contributed by atoms with Gasteiger partial charge in [0.2, 0.25) is 5.91 Å². The first-order valence-electron chi connectivity index (χ1n) is 28.8. The van der Waals surface area contributed by atoms with Crippen molar-refractivity contribution in [3.63, 3.8) is 0 Å². The van der Waals surface area contributed by atoms with Gasteiger partial charge in [-0.05, 0) is 25.7 Å². The topological polar surface area (TPSA) is 95.9 Å². The second-order valence-electron chi connectivity index (χ2n) is 20.0. The van der Waals surface area contributed by atoms with E-state index in [1.54, 1.807) is 0 Å². The lowest BCUT2D eigenvalue weighted by Crippen LogP contribution is -2.45. The molecule has 376 valence electrons. The van der Waals surface area contributed by atoms with Crippen molar-refractivity contribution < 1.29 is 24.5 Å². The van der Waals surface area contributed by atoms with Gasteiger partial charge in [0.15, 0.2) is 0 Å². The van der Waals surface area contributed by atoms with Crippen LogP contribution in [-0.4, -0.2) is 47.4 Å². The highest BCUT2D eigenvalue weighted by molar-refractivity contribution is 5.76. The molecule has 3 N–H and O–H groups in total. The van der Waals surface area contributed by atoms with Crippen molar-refractivity contribution in [3.05, 3.63) is 0 Å². The number of amides is 1. The maximum Gasteiger partial charge on any atom is 0.305 e. The molecule has 0 aliphatic carbocycles. The molecule has 1 amide bonds. The van der Waals surface area contributed by atoms with Gasteiger partial charge in [0.1, 0.15) is 0 Å². The molecular weight excluding hydrogens is 779 g/mol. The number of hydrogen-bond acceptors (Lipinski definition) is 5. The van der Waals surface area contributed by atoms with Gasteiger partial charge in [-0.2, -0.15) is 0 Å². The van der Waals surface area contributed by atoms with E-state index in [1.165, 1.54) is 250 Å². The molecule has 0 aromatic heterocycles. The summed E-state index contributed by atoms with van der Waals surface area (Å²) in [6.45, 7) is 4.96. The van der Waals surface area contributed by atoms with Crippen molar-refractivity contribution in [1.82, 2.24) is 5.32 Å². The molecule has 6 heteroatoms. The lowest BCUT2D eigenvalue weighted by atomic mass is 10.0. The quantitative estimate of drug-likeness (QED) is 0.0418. The number of esters is 1. The summed E-state index contributed by atoms with van der Waals surface area (Å²) < 4.78 is 5.47. The Morgan fingerprint density at radius 1 is 0.381 bits per heavy atom. The number of unbranched alkanes of at least 4 members (excludes halogenated alkanes) is 43. The molecule has 0 saturated heterocycles. The molecule has 0 aliphatic heterocycles. The first kappa shape index (κ1) is 61.9. The van der Waals surface area contributed by atoms with Crippen LogP contribution in [0.25, 0.3) is 0 Å². The minimum absolute atomic E-state index is 0.00401. The van der Waals surface area contributed by atoms with Crippen LogP contribution >= 0.6 is 0 Å². The molecular formula is C57H113NO5. The predicted molar refractivity (Wildman–Crippen MR) is 274 cm³/mol. The summed E-state index contributed by atoms with van der Waals surface area (Å²) in [6.07, 6.45) is 60.8. The lowest BCUT2D eigenvalue weighted by molar-refractivity contribution is -0.143. The van der Waals surface area contributed by atoms with Crippen LogP contribution in [0.4, 0.5) is 0 Å². The first-order valence-corrected chi connectivity index (χ1v) is 28.8. The summed E-state index contributed by atoms with van der Waals surface area (Å²) >= 11 is 0. The smallest absolute Gasteiger partial charge is 0.305 e. The Balaban J connectivity index is 3.41. The van der Waals surface area contributed by atoms with E-state index in [1.807, 2.05) is 0 Å². The van der Waals surface area contributed by atoms with E-state index < -0.39 is 12.1 Å². The molecule has 0 heterocycles. The zero-order valence-corrected chi connectivity index (χ0v) is 42.8. The maximum atomic E-state index is 12.5. The van der Waals surface area contributed by atoms with Crippen LogP contribution in [0, 0.1) is 0 Å². The molecule has 0 radical (unpaired) electrons. The molecule has 0 fully saturated rings. The number of rotatable bonds is 54. The monoisotopic (exact) mass is 892 g/mol. The van der Waals surface area contributed by atoms with Gasteiger partial charge in [0.25, 0.3) is 0 Å². The summed E-state index contributed by atoms with van der Waals surface area (Å²) in [5.41, 5.74) is 0. The zero-order valence-electron chi connectivity index (χ0n) is 42.8. The van der Waals surface area contributed by atoms with Gasteiger partial charge in [0.05, 0.1) is 25.4 Å². The Labute approximate surface area is 394 Å². The second kappa shape index (κ2) is 53.5. The van der Waals surface area contributed by atoms with Crippen LogP contribution in [0.5, 0.6) is 0 Å². The summed E-state index contributed by atoms with van der Waals surface area (Å²) in [5.74, 6) is -0.0360. The van der Waals surface area contributed by atoms with Crippen molar-refractivity contribution in [2.45, 2.75) is 341 Å². The summed E-state index contributed by atoms with van der Waals surface area (Å²) in [6, 6.07) is -0.546. The fourth-order valence-electron chi connectivity index (χ4n) is 9.23. The Morgan fingerprint density at radius 3 is 0.968 bits per heavy atom. The molecule has 0 aliphatic rings. The molecule has 0 spiro atoms. The number of ether oxygens (including phenoxy) is 1. The minimum atomic E-state index is -0.669. The van der Waals surface area contributed by atoms with Crippen LogP contribution in [0.1, 0.15) is 328 Å². The third-order valence-electron chi connectivity index (χ3n) is 13.7. The van der Waals surface area contributed by atoms with Crippen LogP contribution in [0.2, 0.25) is 0 Å². The van der Waals surface area contributed by atoms with Crippen LogP contribution in [0.15, 0.2) is 0 Å². The van der Waals surface area contributed by atoms with Crippen molar-refractivity contribution in [1.29, 1.82) is 0 Å². The predicted octanol–water partition coefficient (Wildman–Crippen LogP) is 17.5. The standard InChI is InChI=1S/C57H113NO5/c1-3-5-7-9-11-13-15-17-19-20-22-25-29-33-37-41-45-49-55(60)54(53-59)58-56(61)50-46-42-38-34-30-26-23-21-24-28-32-36-40-44-48-52-63-57(62)51-47-43-39-35-31-27-18-16-14-12-10-8-6-4-2/h54-55,59-60H,3-53H2,1-2H3,(H,58,61). The van der Waals surface area contributed by atoms with Gasteiger partial charge >= 0.3 is 5.97 Å². The van der Waals surface area contributed by atoms with E-state index in [2.05, 4.69) is 19.2 Å². The van der Waals surface area contributed by atoms with Gasteiger partial charge in [-0.25, -0.2) is 0 Å². The number of aliphatic hydroxyl groups is 2. The zero-order chi connectivity index (χ0) is 45.8. The van der Waals surface area contributed by atoms with Crippen LogP contribution in [-0.2, 0) is 14.3 Å². The summed E-state index contributed by atoms with van der Waals surface area (Å²) in [7, 11) is 0. The Kier molecular flexibility index (Phi) is 52.5. The van der Waals surface area contributed by atoms with Gasteiger partial charge in [-0.3, -0.25) is 9.59 Å². The fraction of sp³-hybridized carbons (Fsp3) is 0.965. The fourth-order valence-corrected chi connectivity index (χ4v) is 9.23. The third kappa shape index (κ3) is 50.1. The van der Waals surface area contributed by atoms with E-state index in [4.69, 9.17) is 4.74 Å².